The molecule has 0 bridgehead atoms. The third kappa shape index (κ3) is 2.93. The van der Waals surface area contributed by atoms with Crippen LogP contribution in [-0.2, 0) is 0 Å². The van der Waals surface area contributed by atoms with Gasteiger partial charge < -0.3 is 10.1 Å². The maximum atomic E-state index is 12.3. The molecule has 2 aromatic heterocycles. The number of hydrogen-bond donors (Lipinski definition) is 2. The van der Waals surface area contributed by atoms with Crippen LogP contribution in [0.15, 0.2) is 30.7 Å². The minimum absolute atomic E-state index is 0.187. The Labute approximate surface area is 107 Å². The SMILES string of the molecule is C[C@@H](c1ccncc1)c1c[nH]c([C@H](O)C(F)(F)F)n1. The Hall–Kier alpha value is -1.89. The van der Waals surface area contributed by atoms with Crippen LogP contribution in [0.25, 0.3) is 0 Å². The van der Waals surface area contributed by atoms with E-state index in [4.69, 9.17) is 5.11 Å². The van der Waals surface area contributed by atoms with E-state index >= 15 is 0 Å². The summed E-state index contributed by atoms with van der Waals surface area (Å²) in [7, 11) is 0. The van der Waals surface area contributed by atoms with Gasteiger partial charge in [0.25, 0.3) is 0 Å². The Morgan fingerprint density at radius 2 is 1.89 bits per heavy atom. The molecule has 0 saturated carbocycles. The van der Waals surface area contributed by atoms with Crippen molar-refractivity contribution in [2.24, 2.45) is 0 Å². The van der Waals surface area contributed by atoms with E-state index in [2.05, 4.69) is 15.0 Å². The second-order valence-electron chi connectivity index (χ2n) is 4.16. The lowest BCUT2D eigenvalue weighted by molar-refractivity contribution is -0.209. The molecule has 2 rings (SSSR count). The number of hydrogen-bond acceptors (Lipinski definition) is 3. The molecule has 0 aliphatic carbocycles. The number of aliphatic hydroxyl groups is 1. The molecule has 0 aliphatic rings. The number of nitrogens with one attached hydrogen (secondary N) is 1. The quantitative estimate of drug-likeness (QED) is 0.901. The highest BCUT2D eigenvalue weighted by Gasteiger charge is 2.41. The van der Waals surface area contributed by atoms with Gasteiger partial charge in [-0.3, -0.25) is 4.98 Å². The number of H-pyrrole nitrogens is 1. The molecule has 7 heteroatoms. The summed E-state index contributed by atoms with van der Waals surface area (Å²) in [6.07, 6.45) is -2.75. The molecule has 19 heavy (non-hydrogen) atoms. The zero-order valence-electron chi connectivity index (χ0n) is 10.0. The van der Waals surface area contributed by atoms with Crippen molar-refractivity contribution in [2.45, 2.75) is 25.1 Å². The Morgan fingerprint density at radius 1 is 1.26 bits per heavy atom. The summed E-state index contributed by atoms with van der Waals surface area (Å²) in [4.78, 5) is 10.0. The monoisotopic (exact) mass is 271 g/mol. The highest BCUT2D eigenvalue weighted by molar-refractivity contribution is 5.25. The van der Waals surface area contributed by atoms with Crippen molar-refractivity contribution in [2.75, 3.05) is 0 Å². The van der Waals surface area contributed by atoms with Gasteiger partial charge in [0.1, 0.15) is 5.82 Å². The van der Waals surface area contributed by atoms with E-state index in [1.54, 1.807) is 24.5 Å². The van der Waals surface area contributed by atoms with E-state index < -0.39 is 18.1 Å². The maximum Gasteiger partial charge on any atom is 0.421 e. The zero-order valence-corrected chi connectivity index (χ0v) is 10.0. The highest BCUT2D eigenvalue weighted by Crippen LogP contribution is 2.32. The first-order valence-electron chi connectivity index (χ1n) is 5.59. The first-order chi connectivity index (χ1) is 8.89. The Morgan fingerprint density at radius 3 is 2.47 bits per heavy atom. The van der Waals surface area contributed by atoms with E-state index in [-0.39, 0.29) is 5.92 Å². The molecule has 0 spiro atoms. The summed E-state index contributed by atoms with van der Waals surface area (Å²) in [6.45, 7) is 1.81. The Bertz CT molecular complexity index is 539. The van der Waals surface area contributed by atoms with Crippen LogP contribution in [0.3, 0.4) is 0 Å². The predicted octanol–water partition coefficient (Wildman–Crippen LogP) is 2.55. The molecule has 0 fully saturated rings. The smallest absolute Gasteiger partial charge is 0.377 e. The van der Waals surface area contributed by atoms with Crippen molar-refractivity contribution >= 4 is 0 Å². The molecular formula is C12H12F3N3O. The Balaban J connectivity index is 2.22. The first-order valence-corrected chi connectivity index (χ1v) is 5.59. The lowest BCUT2D eigenvalue weighted by Gasteiger charge is -2.12. The molecular weight excluding hydrogens is 259 g/mol. The van der Waals surface area contributed by atoms with Crippen LogP contribution in [0.2, 0.25) is 0 Å². The van der Waals surface area contributed by atoms with Crippen molar-refractivity contribution in [1.82, 2.24) is 15.0 Å². The van der Waals surface area contributed by atoms with Gasteiger partial charge in [-0.25, -0.2) is 4.98 Å². The number of aromatic amines is 1. The second-order valence-corrected chi connectivity index (χ2v) is 4.16. The van der Waals surface area contributed by atoms with Crippen molar-refractivity contribution in [1.29, 1.82) is 0 Å². The minimum atomic E-state index is -4.73. The summed E-state index contributed by atoms with van der Waals surface area (Å²) in [5.41, 5.74) is 1.32. The summed E-state index contributed by atoms with van der Waals surface area (Å²) < 4.78 is 37.0. The van der Waals surface area contributed by atoms with Crippen molar-refractivity contribution in [3.05, 3.63) is 47.8 Å². The van der Waals surface area contributed by atoms with Crippen LogP contribution in [0.4, 0.5) is 13.2 Å². The fraction of sp³-hybridized carbons (Fsp3) is 0.333. The molecule has 0 aromatic carbocycles. The number of imidazole rings is 1. The van der Waals surface area contributed by atoms with Crippen LogP contribution in [0.1, 0.15) is 36.0 Å². The number of halogens is 3. The molecule has 0 saturated heterocycles. The van der Waals surface area contributed by atoms with Crippen LogP contribution in [0, 0.1) is 0 Å². The van der Waals surface area contributed by atoms with Crippen LogP contribution in [0.5, 0.6) is 0 Å². The van der Waals surface area contributed by atoms with Crippen LogP contribution < -0.4 is 0 Å². The van der Waals surface area contributed by atoms with Gasteiger partial charge in [-0.2, -0.15) is 13.2 Å². The van der Waals surface area contributed by atoms with Gasteiger partial charge >= 0.3 is 6.18 Å². The lowest BCUT2D eigenvalue weighted by Crippen LogP contribution is -2.21. The van der Waals surface area contributed by atoms with Gasteiger partial charge in [0.2, 0.25) is 6.10 Å². The number of nitrogens with zero attached hydrogens (tertiary/aromatic N) is 2. The average molecular weight is 271 g/mol. The fourth-order valence-corrected chi connectivity index (χ4v) is 1.69. The summed E-state index contributed by atoms with van der Waals surface area (Å²) in [5, 5.41) is 9.09. The summed E-state index contributed by atoms with van der Waals surface area (Å²) in [6, 6.07) is 3.53. The predicted molar refractivity (Wildman–Crippen MR) is 61.4 cm³/mol. The zero-order chi connectivity index (χ0) is 14.0. The third-order valence-electron chi connectivity index (χ3n) is 2.84. The molecule has 0 aliphatic heterocycles. The van der Waals surface area contributed by atoms with Gasteiger partial charge in [-0.1, -0.05) is 6.92 Å². The van der Waals surface area contributed by atoms with Crippen LogP contribution in [-0.4, -0.2) is 26.2 Å². The van der Waals surface area contributed by atoms with Gasteiger partial charge in [-0.15, -0.1) is 0 Å². The number of pyridine rings is 1. The number of rotatable bonds is 3. The van der Waals surface area contributed by atoms with Gasteiger partial charge in [0, 0.05) is 24.5 Å². The van der Waals surface area contributed by atoms with E-state index in [0.717, 1.165) is 5.56 Å². The minimum Gasteiger partial charge on any atom is -0.377 e. The molecule has 0 unspecified atom stereocenters. The Kier molecular flexibility index (Phi) is 3.57. The summed E-state index contributed by atoms with van der Waals surface area (Å²) >= 11 is 0. The van der Waals surface area contributed by atoms with Crippen LogP contribution >= 0.6 is 0 Å². The molecule has 2 aromatic rings. The molecule has 2 N–H and O–H groups in total. The van der Waals surface area contributed by atoms with E-state index in [1.807, 2.05) is 6.92 Å². The van der Waals surface area contributed by atoms with Crippen molar-refractivity contribution < 1.29 is 18.3 Å². The normalized spacial score (nSPS) is 15.2. The molecule has 0 amide bonds. The molecule has 102 valence electrons. The lowest BCUT2D eigenvalue weighted by atomic mass is 10.00. The van der Waals surface area contributed by atoms with E-state index in [9.17, 15) is 13.2 Å². The molecule has 0 radical (unpaired) electrons. The number of aromatic nitrogens is 3. The van der Waals surface area contributed by atoms with Gasteiger partial charge in [-0.05, 0) is 17.7 Å². The first kappa shape index (κ1) is 13.5. The average Bonchev–Trinajstić information content (AvgIpc) is 2.86. The number of aliphatic hydroxyl groups excluding tert-OH is 1. The standard InChI is InChI=1S/C12H12F3N3O/c1-7(8-2-4-16-5-3-8)9-6-17-11(18-9)10(19)12(13,14)15/h2-7,10,19H,1H3,(H,17,18)/t7-,10-/m0/s1. The maximum absolute atomic E-state index is 12.3. The van der Waals surface area contributed by atoms with E-state index in [0.29, 0.717) is 5.69 Å². The van der Waals surface area contributed by atoms with Gasteiger partial charge in [0.05, 0.1) is 5.69 Å². The van der Waals surface area contributed by atoms with Crippen molar-refractivity contribution in [3.8, 4) is 0 Å². The molecule has 2 atom stereocenters. The second kappa shape index (κ2) is 5.00. The van der Waals surface area contributed by atoms with Crippen molar-refractivity contribution in [3.63, 3.8) is 0 Å². The summed E-state index contributed by atoms with van der Waals surface area (Å²) in [5.74, 6) is -0.683. The largest absolute Gasteiger partial charge is 0.421 e. The highest BCUT2D eigenvalue weighted by atomic mass is 19.4. The molecule has 4 nitrogen and oxygen atoms in total. The fourth-order valence-electron chi connectivity index (χ4n) is 1.69. The number of alkyl halides is 3. The molecule has 2 heterocycles. The van der Waals surface area contributed by atoms with Gasteiger partial charge in [0.15, 0.2) is 0 Å². The third-order valence-corrected chi connectivity index (χ3v) is 2.84. The van der Waals surface area contributed by atoms with E-state index in [1.165, 1.54) is 6.20 Å². The topological polar surface area (TPSA) is 61.8 Å².